The van der Waals surface area contributed by atoms with E-state index in [4.69, 9.17) is 30.3 Å². The molecule has 1 aliphatic rings. The zero-order valence-electron chi connectivity index (χ0n) is 19.7. The maximum absolute atomic E-state index is 11.6. The monoisotopic (exact) mass is 523 g/mol. The van der Waals surface area contributed by atoms with Crippen molar-refractivity contribution in [3.63, 3.8) is 0 Å². The normalized spacial score (nSPS) is 16.0. The lowest BCUT2D eigenvalue weighted by Gasteiger charge is -2.24. The molecule has 1 amide bonds. The first-order chi connectivity index (χ1) is 17.8. The number of benzene rings is 2. The van der Waals surface area contributed by atoms with Crippen LogP contribution in [-0.2, 0) is 26.1 Å². The Labute approximate surface area is 212 Å². The summed E-state index contributed by atoms with van der Waals surface area (Å²) in [4.78, 5) is 25.1. The van der Waals surface area contributed by atoms with Crippen LogP contribution in [0.4, 0.5) is 16.4 Å². The number of amides is 1. The Hall–Kier alpha value is -4.07. The van der Waals surface area contributed by atoms with Crippen LogP contribution in [0.1, 0.15) is 31.1 Å². The highest BCUT2D eigenvalue weighted by atomic mass is 32.2. The quantitative estimate of drug-likeness (QED) is 0.328. The molecule has 1 unspecified atom stereocenters. The summed E-state index contributed by atoms with van der Waals surface area (Å²) >= 11 is 0. The van der Waals surface area contributed by atoms with Gasteiger partial charge in [0.05, 0.1) is 11.2 Å². The lowest BCUT2D eigenvalue weighted by Crippen LogP contribution is -2.18. The Balaban J connectivity index is 1.57. The fourth-order valence-corrected chi connectivity index (χ4v) is 4.66. The minimum absolute atomic E-state index is 0.00220. The fraction of sp³-hybridized carbons (Fsp3) is 0.250. The molecule has 5 N–H and O–H groups in total. The molecule has 1 saturated heterocycles. The molecule has 0 saturated carbocycles. The molecular weight excluding hydrogens is 498 g/mol. The molecule has 5 rings (SSSR count). The Morgan fingerprint density at radius 3 is 2.68 bits per heavy atom. The van der Waals surface area contributed by atoms with Gasteiger partial charge < -0.3 is 20.5 Å². The third-order valence-corrected chi connectivity index (χ3v) is 6.84. The molecule has 2 aromatic heterocycles. The van der Waals surface area contributed by atoms with Crippen LogP contribution in [-0.4, -0.2) is 40.6 Å². The molecule has 1 fully saturated rings. The van der Waals surface area contributed by atoms with Gasteiger partial charge in [-0.3, -0.25) is 4.57 Å². The summed E-state index contributed by atoms with van der Waals surface area (Å²) in [6.07, 6.45) is 3.52. The number of anilines is 2. The highest BCUT2D eigenvalue weighted by molar-refractivity contribution is 7.89. The number of fused-ring (bicyclic) bond motifs is 1. The molecule has 3 heterocycles. The Morgan fingerprint density at radius 2 is 1.97 bits per heavy atom. The number of ether oxygens (including phenoxy) is 2. The van der Waals surface area contributed by atoms with Crippen LogP contribution in [0.3, 0.4) is 0 Å². The average Bonchev–Trinajstić information content (AvgIpc) is 3.31. The van der Waals surface area contributed by atoms with Crippen molar-refractivity contribution in [2.75, 3.05) is 11.9 Å². The number of carbonyl (C=O) groups is 1. The van der Waals surface area contributed by atoms with Crippen LogP contribution in [0.25, 0.3) is 22.4 Å². The van der Waals surface area contributed by atoms with Gasteiger partial charge in [0.2, 0.25) is 16.0 Å². The third kappa shape index (κ3) is 5.53. The van der Waals surface area contributed by atoms with Crippen LogP contribution in [0.15, 0.2) is 59.8 Å². The van der Waals surface area contributed by atoms with Crippen molar-refractivity contribution in [1.29, 1.82) is 0 Å². The molecule has 0 spiro atoms. The summed E-state index contributed by atoms with van der Waals surface area (Å²) in [7, 11) is -3.81. The van der Waals surface area contributed by atoms with Crippen molar-refractivity contribution in [2.24, 2.45) is 10.9 Å². The Morgan fingerprint density at radius 1 is 1.16 bits per heavy atom. The molecule has 0 bridgehead atoms. The molecule has 1 atom stereocenters. The topological polar surface area (TPSA) is 177 Å². The minimum Gasteiger partial charge on any atom is -0.445 e. The van der Waals surface area contributed by atoms with Gasteiger partial charge in [-0.05, 0) is 55.2 Å². The van der Waals surface area contributed by atoms with Crippen LogP contribution >= 0.6 is 0 Å². The predicted octanol–water partition coefficient (Wildman–Crippen LogP) is 3.18. The molecule has 4 aromatic rings. The standard InChI is InChI=1S/C24H25N7O5S/c25-23(32)36-13-15-4-3-5-16(12-15)20-21-22(31(14-27-21)19-6-1-2-11-35-19)30-24(29-20)28-17-7-9-18(10-8-17)37(26,33)34/h3-5,7-10,12,14,19H,1-2,6,11,13H2,(H2,25,32)(H2,26,33,34)(H,28,29,30). The van der Waals surface area contributed by atoms with Crippen LogP contribution in [0.2, 0.25) is 0 Å². The van der Waals surface area contributed by atoms with Crippen molar-refractivity contribution in [3.05, 3.63) is 60.4 Å². The van der Waals surface area contributed by atoms with Crippen molar-refractivity contribution in [3.8, 4) is 11.3 Å². The second kappa shape index (κ2) is 10.1. The van der Waals surface area contributed by atoms with Crippen LogP contribution in [0.5, 0.6) is 0 Å². The largest absolute Gasteiger partial charge is 0.445 e. The van der Waals surface area contributed by atoms with Gasteiger partial charge in [-0.25, -0.2) is 28.3 Å². The van der Waals surface area contributed by atoms with Crippen molar-refractivity contribution >= 4 is 38.9 Å². The molecule has 12 nitrogen and oxygen atoms in total. The molecule has 192 valence electrons. The summed E-state index contributed by atoms with van der Waals surface area (Å²) in [5.74, 6) is 0.280. The summed E-state index contributed by atoms with van der Waals surface area (Å²) in [5, 5.41) is 8.34. The summed E-state index contributed by atoms with van der Waals surface area (Å²) in [5.41, 5.74) is 8.87. The minimum atomic E-state index is -3.81. The van der Waals surface area contributed by atoms with E-state index < -0.39 is 16.1 Å². The van der Waals surface area contributed by atoms with E-state index in [0.717, 1.165) is 30.4 Å². The molecule has 1 aliphatic heterocycles. The van der Waals surface area contributed by atoms with Gasteiger partial charge in [-0.2, -0.15) is 4.98 Å². The molecule has 37 heavy (non-hydrogen) atoms. The molecule has 2 aromatic carbocycles. The second-order valence-electron chi connectivity index (χ2n) is 8.54. The number of nitrogens with zero attached hydrogens (tertiary/aromatic N) is 4. The van der Waals surface area contributed by atoms with Crippen molar-refractivity contribution < 1.29 is 22.7 Å². The van der Waals surface area contributed by atoms with E-state index in [-0.39, 0.29) is 23.7 Å². The van der Waals surface area contributed by atoms with E-state index in [1.54, 1.807) is 18.5 Å². The number of primary sulfonamides is 1. The second-order valence-corrected chi connectivity index (χ2v) is 10.1. The van der Waals surface area contributed by atoms with Gasteiger partial charge >= 0.3 is 6.09 Å². The zero-order valence-corrected chi connectivity index (χ0v) is 20.5. The van der Waals surface area contributed by atoms with E-state index in [2.05, 4.69) is 10.3 Å². The lowest BCUT2D eigenvalue weighted by atomic mass is 10.1. The molecule has 0 radical (unpaired) electrons. The molecular formula is C24H25N7O5S. The number of sulfonamides is 1. The Kier molecular flexibility index (Phi) is 6.74. The number of hydrogen-bond acceptors (Lipinski definition) is 9. The van der Waals surface area contributed by atoms with E-state index in [1.807, 2.05) is 28.8 Å². The third-order valence-electron chi connectivity index (χ3n) is 5.91. The summed E-state index contributed by atoms with van der Waals surface area (Å²) in [6.45, 7) is 0.676. The van der Waals surface area contributed by atoms with E-state index in [0.29, 0.717) is 29.2 Å². The first-order valence-electron chi connectivity index (χ1n) is 11.6. The highest BCUT2D eigenvalue weighted by Gasteiger charge is 2.22. The lowest BCUT2D eigenvalue weighted by molar-refractivity contribution is -0.0298. The summed E-state index contributed by atoms with van der Waals surface area (Å²) in [6, 6.07) is 13.3. The van der Waals surface area contributed by atoms with E-state index >= 15 is 0 Å². The predicted molar refractivity (Wildman–Crippen MR) is 135 cm³/mol. The van der Waals surface area contributed by atoms with Crippen LogP contribution < -0.4 is 16.2 Å². The van der Waals surface area contributed by atoms with Gasteiger partial charge in [-0.1, -0.05) is 18.2 Å². The zero-order chi connectivity index (χ0) is 26.0. The fourth-order valence-electron chi connectivity index (χ4n) is 4.15. The highest BCUT2D eigenvalue weighted by Crippen LogP contribution is 2.32. The smallest absolute Gasteiger partial charge is 0.404 e. The Bertz CT molecular complexity index is 1550. The molecule has 0 aliphatic carbocycles. The number of nitrogens with one attached hydrogen (secondary N) is 1. The number of aromatic nitrogens is 4. The summed E-state index contributed by atoms with van der Waals surface area (Å²) < 4.78 is 36.0. The van der Waals surface area contributed by atoms with Gasteiger partial charge in [-0.15, -0.1) is 0 Å². The number of imidazole rings is 1. The maximum Gasteiger partial charge on any atom is 0.404 e. The van der Waals surface area contributed by atoms with Crippen LogP contribution in [0, 0.1) is 0 Å². The van der Waals surface area contributed by atoms with Gasteiger partial charge in [0.15, 0.2) is 5.65 Å². The number of nitrogens with two attached hydrogens (primary N) is 2. The maximum atomic E-state index is 11.6. The van der Waals surface area contributed by atoms with E-state index in [9.17, 15) is 13.2 Å². The van der Waals surface area contributed by atoms with Gasteiger partial charge in [0, 0.05) is 17.9 Å². The number of rotatable bonds is 7. The first kappa shape index (κ1) is 24.6. The number of primary amides is 1. The SMILES string of the molecule is NC(=O)OCc1cccc(-c2nc(Nc3ccc(S(N)(=O)=O)cc3)nc3c2ncn3C2CCCCO2)c1. The number of carbonyl (C=O) groups excluding carboxylic acids is 1. The number of hydrogen-bond donors (Lipinski definition) is 3. The first-order valence-corrected chi connectivity index (χ1v) is 13.1. The van der Waals surface area contributed by atoms with Crippen molar-refractivity contribution in [2.45, 2.75) is 37.0 Å². The van der Waals surface area contributed by atoms with Crippen molar-refractivity contribution in [1.82, 2.24) is 19.5 Å². The van der Waals surface area contributed by atoms with Gasteiger partial charge in [0.1, 0.15) is 24.0 Å². The van der Waals surface area contributed by atoms with Gasteiger partial charge in [0.25, 0.3) is 0 Å². The van der Waals surface area contributed by atoms with E-state index in [1.165, 1.54) is 12.1 Å². The molecule has 13 heteroatoms. The average molecular weight is 524 g/mol.